The molecule has 1 heterocycles. The molecule has 1 aliphatic rings. The highest BCUT2D eigenvalue weighted by atomic mass is 16.6. The molecule has 4 atom stereocenters. The summed E-state index contributed by atoms with van der Waals surface area (Å²) >= 11 is 0. The third-order valence-corrected chi connectivity index (χ3v) is 5.54. The highest BCUT2D eigenvalue weighted by Crippen LogP contribution is 2.34. The van der Waals surface area contributed by atoms with E-state index in [2.05, 4.69) is 17.9 Å². The van der Waals surface area contributed by atoms with Crippen molar-refractivity contribution in [2.75, 3.05) is 6.54 Å². The van der Waals surface area contributed by atoms with Gasteiger partial charge in [-0.15, -0.1) is 0 Å². The minimum atomic E-state index is -0.591. The van der Waals surface area contributed by atoms with Crippen LogP contribution in [-0.2, 0) is 20.7 Å². The zero-order valence-electron chi connectivity index (χ0n) is 18.4. The number of esters is 1. The Morgan fingerprint density at radius 3 is 2.45 bits per heavy atom. The van der Waals surface area contributed by atoms with Gasteiger partial charge in [0.15, 0.2) is 0 Å². The minimum Gasteiger partial charge on any atom is -0.459 e. The van der Waals surface area contributed by atoms with Gasteiger partial charge in [0.1, 0.15) is 17.4 Å². The summed E-state index contributed by atoms with van der Waals surface area (Å²) in [6.45, 7) is 9.72. The standard InChI is InChI=1S/C24H34N2O3/c1-6-10-19(17(2)27)16-26-21(13-18-11-8-7-9-12-18)20(15-25)14-22(26)23(28)29-24(3,4)5/h7-9,11-12,19-22H,6,10,13-14,16H2,1-5H3. The van der Waals surface area contributed by atoms with Gasteiger partial charge in [-0.3, -0.25) is 14.5 Å². The molecule has 0 aliphatic carbocycles. The Hall–Kier alpha value is -2.19. The fourth-order valence-corrected chi connectivity index (χ4v) is 4.14. The molecule has 1 aliphatic heterocycles. The van der Waals surface area contributed by atoms with Crippen LogP contribution in [0.2, 0.25) is 0 Å². The van der Waals surface area contributed by atoms with Crippen molar-refractivity contribution in [3.63, 3.8) is 0 Å². The van der Waals surface area contributed by atoms with E-state index in [1.54, 1.807) is 6.92 Å². The summed E-state index contributed by atoms with van der Waals surface area (Å²) in [5.74, 6) is -0.580. The predicted molar refractivity (Wildman–Crippen MR) is 113 cm³/mol. The fraction of sp³-hybridized carbons (Fsp3) is 0.625. The van der Waals surface area contributed by atoms with Crippen molar-refractivity contribution in [1.82, 2.24) is 4.90 Å². The zero-order chi connectivity index (χ0) is 21.6. The van der Waals surface area contributed by atoms with Crippen LogP contribution in [0.4, 0.5) is 0 Å². The van der Waals surface area contributed by atoms with Gasteiger partial charge in [-0.25, -0.2) is 0 Å². The van der Waals surface area contributed by atoms with E-state index in [0.29, 0.717) is 19.4 Å². The average molecular weight is 399 g/mol. The van der Waals surface area contributed by atoms with E-state index in [9.17, 15) is 14.9 Å². The lowest BCUT2D eigenvalue weighted by Crippen LogP contribution is -2.47. The van der Waals surface area contributed by atoms with Crippen LogP contribution in [0.25, 0.3) is 0 Å². The van der Waals surface area contributed by atoms with Gasteiger partial charge in [-0.05, 0) is 52.5 Å². The van der Waals surface area contributed by atoms with E-state index in [1.165, 1.54) is 0 Å². The summed E-state index contributed by atoms with van der Waals surface area (Å²) in [6.07, 6.45) is 2.80. The normalized spacial score (nSPS) is 23.4. The second-order valence-electron chi connectivity index (χ2n) is 9.07. The molecule has 1 aromatic rings. The van der Waals surface area contributed by atoms with Crippen molar-refractivity contribution >= 4 is 11.8 Å². The maximum Gasteiger partial charge on any atom is 0.323 e. The summed E-state index contributed by atoms with van der Waals surface area (Å²) in [6, 6.07) is 11.8. The van der Waals surface area contributed by atoms with Crippen LogP contribution >= 0.6 is 0 Å². The highest BCUT2D eigenvalue weighted by Gasteiger charge is 2.46. The minimum absolute atomic E-state index is 0.112. The van der Waals surface area contributed by atoms with E-state index < -0.39 is 11.6 Å². The molecule has 1 saturated heterocycles. The number of likely N-dealkylation sites (tertiary alicyclic amines) is 1. The lowest BCUT2D eigenvalue weighted by Gasteiger charge is -2.33. The van der Waals surface area contributed by atoms with Crippen LogP contribution < -0.4 is 0 Å². The molecule has 5 heteroatoms. The SMILES string of the molecule is CCCC(CN1C(C(=O)OC(C)(C)C)CC(C#N)C1Cc1ccccc1)C(C)=O. The molecule has 0 N–H and O–H groups in total. The molecule has 0 aromatic heterocycles. The first-order valence-electron chi connectivity index (χ1n) is 10.6. The molecule has 1 aromatic carbocycles. The Balaban J connectivity index is 2.34. The molecular weight excluding hydrogens is 364 g/mol. The number of ketones is 1. The van der Waals surface area contributed by atoms with Gasteiger partial charge in [0.25, 0.3) is 0 Å². The number of ether oxygens (including phenoxy) is 1. The smallest absolute Gasteiger partial charge is 0.323 e. The van der Waals surface area contributed by atoms with Gasteiger partial charge in [0, 0.05) is 18.5 Å². The summed E-state index contributed by atoms with van der Waals surface area (Å²) < 4.78 is 5.67. The number of rotatable bonds is 8. The molecule has 158 valence electrons. The Morgan fingerprint density at radius 1 is 1.28 bits per heavy atom. The Labute approximate surface area is 175 Å². The number of nitriles is 1. The van der Waals surface area contributed by atoms with Crippen molar-refractivity contribution in [3.05, 3.63) is 35.9 Å². The summed E-state index contributed by atoms with van der Waals surface area (Å²) in [7, 11) is 0. The van der Waals surface area contributed by atoms with Gasteiger partial charge < -0.3 is 4.74 Å². The monoisotopic (exact) mass is 398 g/mol. The number of hydrogen-bond acceptors (Lipinski definition) is 5. The second-order valence-corrected chi connectivity index (χ2v) is 9.07. The van der Waals surface area contributed by atoms with Gasteiger partial charge in [0.05, 0.1) is 12.0 Å². The molecule has 4 unspecified atom stereocenters. The third kappa shape index (κ3) is 6.40. The number of carbonyl (C=O) groups is 2. The number of benzene rings is 1. The van der Waals surface area contributed by atoms with Crippen LogP contribution in [0.3, 0.4) is 0 Å². The highest BCUT2D eigenvalue weighted by molar-refractivity contribution is 5.79. The summed E-state index contributed by atoms with van der Waals surface area (Å²) in [5, 5.41) is 9.82. The first-order chi connectivity index (χ1) is 13.7. The topological polar surface area (TPSA) is 70.4 Å². The van der Waals surface area contributed by atoms with Gasteiger partial charge >= 0.3 is 5.97 Å². The van der Waals surface area contributed by atoms with Gasteiger partial charge in [0.2, 0.25) is 0 Å². The molecule has 5 nitrogen and oxygen atoms in total. The average Bonchev–Trinajstić information content (AvgIpc) is 2.98. The van der Waals surface area contributed by atoms with Crippen molar-refractivity contribution in [3.8, 4) is 6.07 Å². The van der Waals surface area contributed by atoms with Crippen molar-refractivity contribution in [2.24, 2.45) is 11.8 Å². The summed E-state index contributed by atoms with van der Waals surface area (Å²) in [4.78, 5) is 27.3. The Bertz CT molecular complexity index is 733. The van der Waals surface area contributed by atoms with E-state index >= 15 is 0 Å². The molecule has 1 fully saturated rings. The quantitative estimate of drug-likeness (QED) is 0.615. The summed E-state index contributed by atoms with van der Waals surface area (Å²) in [5.41, 5.74) is 0.536. The van der Waals surface area contributed by atoms with Gasteiger partial charge in [-0.2, -0.15) is 5.26 Å². The van der Waals surface area contributed by atoms with Crippen molar-refractivity contribution in [1.29, 1.82) is 5.26 Å². The molecule has 0 amide bonds. The first kappa shape index (κ1) is 23.1. The maximum atomic E-state index is 13.0. The van der Waals surface area contributed by atoms with E-state index in [4.69, 9.17) is 4.74 Å². The zero-order valence-corrected chi connectivity index (χ0v) is 18.4. The number of hydrogen-bond donors (Lipinski definition) is 0. The Kier molecular flexibility index (Phi) is 7.98. The predicted octanol–water partition coefficient (Wildman–Crippen LogP) is 4.16. The molecule has 0 saturated carbocycles. The second kappa shape index (κ2) is 10.0. The van der Waals surface area contributed by atoms with Crippen LogP contribution in [0.5, 0.6) is 0 Å². The van der Waals surface area contributed by atoms with E-state index in [-0.39, 0.29) is 29.6 Å². The molecule has 29 heavy (non-hydrogen) atoms. The van der Waals surface area contributed by atoms with Crippen molar-refractivity contribution < 1.29 is 14.3 Å². The molecule has 2 rings (SSSR count). The molecule has 0 spiro atoms. The third-order valence-electron chi connectivity index (χ3n) is 5.54. The number of nitrogens with zero attached hydrogens (tertiary/aromatic N) is 2. The molecule has 0 radical (unpaired) electrons. The molecular formula is C24H34N2O3. The van der Waals surface area contributed by atoms with Crippen LogP contribution in [0.15, 0.2) is 30.3 Å². The maximum absolute atomic E-state index is 13.0. The van der Waals surface area contributed by atoms with E-state index in [1.807, 2.05) is 51.1 Å². The van der Waals surface area contributed by atoms with E-state index in [0.717, 1.165) is 18.4 Å². The lowest BCUT2D eigenvalue weighted by atomic mass is 9.93. The van der Waals surface area contributed by atoms with Crippen molar-refractivity contribution in [2.45, 2.75) is 78.0 Å². The molecule has 0 bridgehead atoms. The first-order valence-corrected chi connectivity index (χ1v) is 10.6. The Morgan fingerprint density at radius 2 is 1.93 bits per heavy atom. The van der Waals surface area contributed by atoms with Crippen LogP contribution in [-0.4, -0.2) is 40.9 Å². The van der Waals surface area contributed by atoms with Crippen LogP contribution in [0, 0.1) is 23.2 Å². The largest absolute Gasteiger partial charge is 0.459 e. The van der Waals surface area contributed by atoms with Crippen LogP contribution in [0.1, 0.15) is 59.4 Å². The lowest BCUT2D eigenvalue weighted by molar-refractivity contribution is -0.161. The fourth-order valence-electron chi connectivity index (χ4n) is 4.14. The number of Topliss-reactive ketones (excluding diaryl/α,β-unsaturated/α-hetero) is 1. The van der Waals surface area contributed by atoms with Gasteiger partial charge in [-0.1, -0.05) is 43.7 Å². The number of carbonyl (C=O) groups excluding carboxylic acids is 2.